The third-order valence-electron chi connectivity index (χ3n) is 5.32. The number of nitrogens with one attached hydrogen (secondary N) is 1. The van der Waals surface area contributed by atoms with E-state index in [0.29, 0.717) is 5.02 Å². The van der Waals surface area contributed by atoms with E-state index in [1.807, 2.05) is 20.8 Å². The first-order valence-electron chi connectivity index (χ1n) is 8.54. The van der Waals surface area contributed by atoms with Crippen LogP contribution in [0.25, 0.3) is 0 Å². The largest absolute Gasteiger partial charge is 0.467 e. The van der Waals surface area contributed by atoms with E-state index < -0.39 is 36.2 Å². The summed E-state index contributed by atoms with van der Waals surface area (Å²) in [4.78, 5) is 24.9. The quantitative estimate of drug-likeness (QED) is 0.793. The maximum absolute atomic E-state index is 13.5. The molecule has 0 radical (unpaired) electrons. The first kappa shape index (κ1) is 20.6. The summed E-state index contributed by atoms with van der Waals surface area (Å²) >= 11 is 6.16. The van der Waals surface area contributed by atoms with Gasteiger partial charge in [-0.1, -0.05) is 11.6 Å². The molecule has 2 rings (SSSR count). The summed E-state index contributed by atoms with van der Waals surface area (Å²) < 4.78 is 31.8. The number of alkyl halides is 2. The molecule has 0 aromatic heterocycles. The van der Waals surface area contributed by atoms with Crippen LogP contribution in [0.3, 0.4) is 0 Å². The average molecular weight is 388 g/mol. The minimum atomic E-state index is -2.82. The Morgan fingerprint density at radius 3 is 2.27 bits per heavy atom. The van der Waals surface area contributed by atoms with Crippen molar-refractivity contribution in [1.82, 2.24) is 5.32 Å². The summed E-state index contributed by atoms with van der Waals surface area (Å²) in [6.45, 7) is 5.61. The zero-order valence-electron chi connectivity index (χ0n) is 15.5. The Bertz CT molecular complexity index is 724. The van der Waals surface area contributed by atoms with Gasteiger partial charge in [-0.3, -0.25) is 4.79 Å². The Morgan fingerprint density at radius 2 is 1.73 bits per heavy atom. The summed E-state index contributed by atoms with van der Waals surface area (Å²) in [5.74, 6) is -3.89. The van der Waals surface area contributed by atoms with Crippen molar-refractivity contribution in [2.45, 2.75) is 64.3 Å². The minimum Gasteiger partial charge on any atom is -0.467 e. The predicted molar refractivity (Wildman–Crippen MR) is 95.7 cm³/mol. The Balaban J connectivity index is 2.22. The molecule has 0 heterocycles. The van der Waals surface area contributed by atoms with Gasteiger partial charge in [0.1, 0.15) is 5.54 Å². The molecule has 0 unspecified atom stereocenters. The number of methoxy groups -OCH3 is 1. The first-order valence-corrected chi connectivity index (χ1v) is 8.91. The van der Waals surface area contributed by atoms with Crippen LogP contribution < -0.4 is 5.32 Å². The zero-order chi connectivity index (χ0) is 19.7. The summed E-state index contributed by atoms with van der Waals surface area (Å²) in [6, 6.07) is 1.80. The van der Waals surface area contributed by atoms with Crippen LogP contribution in [0.2, 0.25) is 5.02 Å². The monoisotopic (exact) mass is 387 g/mol. The summed E-state index contributed by atoms with van der Waals surface area (Å²) in [7, 11) is 1.19. The highest BCUT2D eigenvalue weighted by Crippen LogP contribution is 2.39. The third kappa shape index (κ3) is 4.17. The van der Waals surface area contributed by atoms with Crippen molar-refractivity contribution in [2.24, 2.45) is 0 Å². The van der Waals surface area contributed by atoms with Gasteiger partial charge in [0, 0.05) is 17.9 Å². The molecule has 1 aromatic carbocycles. The highest BCUT2D eigenvalue weighted by Gasteiger charge is 2.49. The van der Waals surface area contributed by atoms with Gasteiger partial charge < -0.3 is 10.1 Å². The van der Waals surface area contributed by atoms with E-state index in [2.05, 4.69) is 5.32 Å². The molecule has 1 aromatic rings. The molecule has 0 aliphatic heterocycles. The van der Waals surface area contributed by atoms with E-state index in [9.17, 15) is 18.4 Å². The van der Waals surface area contributed by atoms with Gasteiger partial charge in [-0.25, -0.2) is 13.6 Å². The van der Waals surface area contributed by atoms with Gasteiger partial charge in [0.05, 0.1) is 13.5 Å². The van der Waals surface area contributed by atoms with Crippen molar-refractivity contribution >= 4 is 23.5 Å². The number of esters is 1. The van der Waals surface area contributed by atoms with Crippen LogP contribution in [0.4, 0.5) is 8.78 Å². The summed E-state index contributed by atoms with van der Waals surface area (Å²) in [5.41, 5.74) is 2.10. The Labute approximate surface area is 157 Å². The number of carbonyl (C=O) groups is 2. The van der Waals surface area contributed by atoms with Crippen molar-refractivity contribution < 1.29 is 23.1 Å². The fraction of sp³-hybridized carbons (Fsp3) is 0.579. The second-order valence-corrected chi connectivity index (χ2v) is 7.47. The van der Waals surface area contributed by atoms with Crippen molar-refractivity contribution in [3.05, 3.63) is 33.3 Å². The van der Waals surface area contributed by atoms with Crippen LogP contribution in [-0.4, -0.2) is 30.4 Å². The van der Waals surface area contributed by atoms with E-state index in [4.69, 9.17) is 16.3 Å². The lowest BCUT2D eigenvalue weighted by atomic mass is 9.79. The number of ether oxygens (including phenoxy) is 1. The number of halogens is 3. The maximum atomic E-state index is 13.5. The van der Waals surface area contributed by atoms with Crippen LogP contribution in [0, 0.1) is 20.8 Å². The Morgan fingerprint density at radius 1 is 1.15 bits per heavy atom. The molecule has 1 saturated carbocycles. The second kappa shape index (κ2) is 7.51. The van der Waals surface area contributed by atoms with Crippen LogP contribution in [0.5, 0.6) is 0 Å². The Kier molecular flexibility index (Phi) is 5.95. The molecule has 7 heteroatoms. The van der Waals surface area contributed by atoms with Crippen LogP contribution in [0.1, 0.15) is 47.9 Å². The molecule has 1 aliphatic carbocycles. The fourth-order valence-corrected chi connectivity index (χ4v) is 3.75. The third-order valence-corrected chi connectivity index (χ3v) is 5.71. The van der Waals surface area contributed by atoms with E-state index in [0.717, 1.165) is 22.3 Å². The number of hydrogen-bond donors (Lipinski definition) is 1. The lowest BCUT2D eigenvalue weighted by Gasteiger charge is -2.38. The lowest BCUT2D eigenvalue weighted by molar-refractivity contribution is -0.156. The average Bonchev–Trinajstić information content (AvgIpc) is 2.58. The van der Waals surface area contributed by atoms with Crippen molar-refractivity contribution in [3.63, 3.8) is 0 Å². The molecule has 0 saturated heterocycles. The van der Waals surface area contributed by atoms with Gasteiger partial charge in [-0.05, 0) is 61.9 Å². The van der Waals surface area contributed by atoms with Crippen molar-refractivity contribution in [3.8, 4) is 0 Å². The topological polar surface area (TPSA) is 55.4 Å². The van der Waals surface area contributed by atoms with Gasteiger partial charge >= 0.3 is 5.97 Å². The normalized spacial score (nSPS) is 18.3. The van der Waals surface area contributed by atoms with Gasteiger partial charge in [-0.2, -0.15) is 0 Å². The van der Waals surface area contributed by atoms with E-state index >= 15 is 0 Å². The van der Waals surface area contributed by atoms with Gasteiger partial charge in [0.25, 0.3) is 0 Å². The molecule has 26 heavy (non-hydrogen) atoms. The highest BCUT2D eigenvalue weighted by molar-refractivity contribution is 6.31. The van der Waals surface area contributed by atoms with Crippen LogP contribution in [0.15, 0.2) is 6.07 Å². The molecule has 1 fully saturated rings. The van der Waals surface area contributed by atoms with Gasteiger partial charge in [0.15, 0.2) is 0 Å². The minimum absolute atomic E-state index is 0.0464. The van der Waals surface area contributed by atoms with Crippen LogP contribution >= 0.6 is 11.6 Å². The number of rotatable bonds is 4. The molecule has 0 spiro atoms. The molecular formula is C19H24ClF2NO3. The number of carbonyl (C=O) groups excluding carboxylic acids is 2. The van der Waals surface area contributed by atoms with E-state index in [-0.39, 0.29) is 19.3 Å². The van der Waals surface area contributed by atoms with Gasteiger partial charge in [-0.15, -0.1) is 0 Å². The van der Waals surface area contributed by atoms with Crippen molar-refractivity contribution in [1.29, 1.82) is 0 Å². The maximum Gasteiger partial charge on any atom is 0.331 e. The number of aryl methyl sites for hydroxylation is 1. The fourth-order valence-electron chi connectivity index (χ4n) is 3.45. The molecule has 4 nitrogen and oxygen atoms in total. The first-order chi connectivity index (χ1) is 12.0. The highest BCUT2D eigenvalue weighted by atomic mass is 35.5. The summed E-state index contributed by atoms with van der Waals surface area (Å²) in [5, 5.41) is 3.31. The van der Waals surface area contributed by atoms with Crippen LogP contribution in [-0.2, 0) is 20.7 Å². The smallest absolute Gasteiger partial charge is 0.331 e. The molecule has 0 bridgehead atoms. The number of benzene rings is 1. The number of hydrogen-bond acceptors (Lipinski definition) is 3. The molecule has 1 N–H and O–H groups in total. The zero-order valence-corrected chi connectivity index (χ0v) is 16.2. The second-order valence-electron chi connectivity index (χ2n) is 7.06. The standard InChI is InChI=1S/C19H24ClF2NO3/c1-11-9-15(20)13(3)12(2)14(11)10-16(24)23-18(17(25)26-4)5-7-19(21,22)8-6-18/h9H,5-8,10H2,1-4H3,(H,23,24). The molecule has 144 valence electrons. The summed E-state index contributed by atoms with van der Waals surface area (Å²) in [6.07, 6.45) is -1.15. The van der Waals surface area contributed by atoms with Gasteiger partial charge in [0.2, 0.25) is 11.8 Å². The van der Waals surface area contributed by atoms with E-state index in [1.165, 1.54) is 7.11 Å². The predicted octanol–water partition coefficient (Wildman–Crippen LogP) is 4.05. The Hall–Kier alpha value is -1.69. The van der Waals surface area contributed by atoms with E-state index in [1.54, 1.807) is 6.07 Å². The molecule has 1 amide bonds. The molecular weight excluding hydrogens is 364 g/mol. The number of amides is 1. The SMILES string of the molecule is COC(=O)C1(NC(=O)Cc2c(C)cc(Cl)c(C)c2C)CCC(F)(F)CC1. The lowest BCUT2D eigenvalue weighted by Crippen LogP contribution is -2.58. The molecule has 0 atom stereocenters. The molecule has 1 aliphatic rings. The van der Waals surface area contributed by atoms with Crippen molar-refractivity contribution in [2.75, 3.05) is 7.11 Å².